The highest BCUT2D eigenvalue weighted by atomic mass is 16.6. The van der Waals surface area contributed by atoms with Crippen molar-refractivity contribution in [2.45, 2.75) is 19.8 Å². The molecule has 0 unspecified atom stereocenters. The van der Waals surface area contributed by atoms with Crippen LogP contribution in [0.4, 0.5) is 5.69 Å². The van der Waals surface area contributed by atoms with Crippen molar-refractivity contribution >= 4 is 23.6 Å². The first kappa shape index (κ1) is 24.2. The van der Waals surface area contributed by atoms with Crippen molar-refractivity contribution < 1.29 is 23.7 Å². The Kier molecular flexibility index (Phi) is 8.17. The summed E-state index contributed by atoms with van der Waals surface area (Å²) in [6, 6.07) is 15.8. The van der Waals surface area contributed by atoms with Crippen molar-refractivity contribution in [3.05, 3.63) is 87.8 Å². The molecule has 0 bridgehead atoms. The van der Waals surface area contributed by atoms with Crippen LogP contribution in [0.5, 0.6) is 5.75 Å². The minimum absolute atomic E-state index is 0.0110. The van der Waals surface area contributed by atoms with Crippen molar-refractivity contribution in [3.63, 3.8) is 0 Å². The van der Waals surface area contributed by atoms with Crippen LogP contribution in [0.15, 0.2) is 70.8 Å². The van der Waals surface area contributed by atoms with Crippen molar-refractivity contribution in [1.29, 1.82) is 0 Å². The van der Waals surface area contributed by atoms with Crippen LogP contribution < -0.4 is 15.4 Å². The number of hydrogen-bond donors (Lipinski definition) is 2. The van der Waals surface area contributed by atoms with Crippen LogP contribution in [-0.2, 0) is 4.79 Å². The summed E-state index contributed by atoms with van der Waals surface area (Å²) >= 11 is 0. The summed E-state index contributed by atoms with van der Waals surface area (Å²) in [4.78, 5) is 36.1. The van der Waals surface area contributed by atoms with Crippen molar-refractivity contribution in [3.8, 4) is 17.1 Å². The van der Waals surface area contributed by atoms with Gasteiger partial charge in [-0.2, -0.15) is 0 Å². The molecule has 0 atom stereocenters. The summed E-state index contributed by atoms with van der Waals surface area (Å²) in [5, 5.41) is 16.5. The van der Waals surface area contributed by atoms with E-state index in [1.165, 1.54) is 25.3 Å². The Labute approximate surface area is 196 Å². The number of ether oxygens (including phenoxy) is 1. The van der Waals surface area contributed by atoms with Crippen LogP contribution in [-0.4, -0.2) is 30.4 Å². The number of nitrogens with one attached hydrogen (secondary N) is 2. The summed E-state index contributed by atoms with van der Waals surface area (Å²) in [5.74, 6) is 0.377. The first-order valence-electron chi connectivity index (χ1n) is 10.7. The molecule has 1 heterocycles. The van der Waals surface area contributed by atoms with E-state index < -0.39 is 16.7 Å². The molecule has 0 saturated heterocycles. The lowest BCUT2D eigenvalue weighted by Crippen LogP contribution is -2.35. The third-order valence-electron chi connectivity index (χ3n) is 4.92. The van der Waals surface area contributed by atoms with E-state index in [1.54, 1.807) is 48.5 Å². The SMILES string of the molecule is CCCCNC(=O)/C(=C/c1ccc(-c2cccc([N+](=O)[O-])c2)o1)NC(=O)c1ccc(OC)cc1. The Morgan fingerprint density at radius 2 is 1.88 bits per heavy atom. The normalized spacial score (nSPS) is 11.1. The van der Waals surface area contributed by atoms with Gasteiger partial charge in [0, 0.05) is 35.9 Å². The monoisotopic (exact) mass is 463 g/mol. The number of furan rings is 1. The lowest BCUT2D eigenvalue weighted by molar-refractivity contribution is -0.384. The smallest absolute Gasteiger partial charge is 0.270 e. The number of nitrogens with zero attached hydrogens (tertiary/aromatic N) is 1. The topological polar surface area (TPSA) is 124 Å². The lowest BCUT2D eigenvalue weighted by atomic mass is 10.1. The molecular formula is C25H25N3O6. The third-order valence-corrected chi connectivity index (χ3v) is 4.92. The minimum atomic E-state index is -0.485. The zero-order chi connectivity index (χ0) is 24.5. The molecule has 3 aromatic rings. The fourth-order valence-corrected chi connectivity index (χ4v) is 3.07. The second-order valence-electron chi connectivity index (χ2n) is 7.36. The molecule has 0 fully saturated rings. The van der Waals surface area contributed by atoms with Gasteiger partial charge in [0.15, 0.2) is 0 Å². The Hall–Kier alpha value is -4.40. The highest BCUT2D eigenvalue weighted by molar-refractivity contribution is 6.05. The van der Waals surface area contributed by atoms with Gasteiger partial charge in [0.1, 0.15) is 23.0 Å². The third kappa shape index (κ3) is 6.32. The molecule has 3 rings (SSSR count). The summed E-state index contributed by atoms with van der Waals surface area (Å²) < 4.78 is 10.9. The molecular weight excluding hydrogens is 438 g/mol. The van der Waals surface area contributed by atoms with Gasteiger partial charge < -0.3 is 19.8 Å². The van der Waals surface area contributed by atoms with E-state index in [1.807, 2.05) is 6.92 Å². The molecule has 34 heavy (non-hydrogen) atoms. The van der Waals surface area contributed by atoms with E-state index in [0.29, 0.717) is 34.9 Å². The van der Waals surface area contributed by atoms with Gasteiger partial charge in [0.2, 0.25) is 0 Å². The lowest BCUT2D eigenvalue weighted by Gasteiger charge is -2.11. The Balaban J connectivity index is 1.86. The van der Waals surface area contributed by atoms with Crippen LogP contribution >= 0.6 is 0 Å². The maximum absolute atomic E-state index is 12.8. The van der Waals surface area contributed by atoms with Crippen LogP contribution in [0, 0.1) is 10.1 Å². The molecule has 0 saturated carbocycles. The van der Waals surface area contributed by atoms with Crippen LogP contribution in [0.1, 0.15) is 35.9 Å². The number of non-ortho nitro benzene ring substituents is 1. The average Bonchev–Trinajstić information content (AvgIpc) is 3.32. The minimum Gasteiger partial charge on any atom is -0.497 e. The fourth-order valence-electron chi connectivity index (χ4n) is 3.07. The number of unbranched alkanes of at least 4 members (excludes halogenated alkanes) is 1. The number of carbonyl (C=O) groups is 2. The number of nitro groups is 1. The standard InChI is InChI=1S/C25H25N3O6/c1-3-4-14-26-25(30)22(27-24(29)17-8-10-20(33-2)11-9-17)16-21-12-13-23(34-21)18-6-5-7-19(15-18)28(31)32/h5-13,15-16H,3-4,14H2,1-2H3,(H,26,30)(H,27,29)/b22-16-. The van der Waals surface area contributed by atoms with Crippen LogP contribution in [0.3, 0.4) is 0 Å². The van der Waals surface area contributed by atoms with Gasteiger partial charge in [-0.25, -0.2) is 0 Å². The molecule has 0 aliphatic carbocycles. The Bertz CT molecular complexity index is 1200. The highest BCUT2D eigenvalue weighted by Gasteiger charge is 2.16. The number of carbonyl (C=O) groups excluding carboxylic acids is 2. The van der Waals surface area contributed by atoms with E-state index in [-0.39, 0.29) is 11.4 Å². The van der Waals surface area contributed by atoms with Crippen molar-refractivity contribution in [2.75, 3.05) is 13.7 Å². The van der Waals surface area contributed by atoms with Gasteiger partial charge in [-0.1, -0.05) is 25.5 Å². The van der Waals surface area contributed by atoms with Gasteiger partial charge in [0.05, 0.1) is 12.0 Å². The fraction of sp³-hybridized carbons (Fsp3) is 0.200. The number of amides is 2. The van der Waals surface area contributed by atoms with Gasteiger partial charge >= 0.3 is 0 Å². The van der Waals surface area contributed by atoms with E-state index in [9.17, 15) is 19.7 Å². The number of methoxy groups -OCH3 is 1. The van der Waals surface area contributed by atoms with Crippen LogP contribution in [0.25, 0.3) is 17.4 Å². The molecule has 9 nitrogen and oxygen atoms in total. The zero-order valence-corrected chi connectivity index (χ0v) is 18.9. The molecule has 2 N–H and O–H groups in total. The molecule has 0 spiro atoms. The predicted octanol–water partition coefficient (Wildman–Crippen LogP) is 4.55. The number of benzene rings is 2. The Morgan fingerprint density at radius 1 is 1.12 bits per heavy atom. The summed E-state index contributed by atoms with van der Waals surface area (Å²) in [7, 11) is 1.53. The molecule has 176 valence electrons. The van der Waals surface area contributed by atoms with E-state index in [2.05, 4.69) is 10.6 Å². The quantitative estimate of drug-likeness (QED) is 0.197. The van der Waals surface area contributed by atoms with E-state index >= 15 is 0 Å². The van der Waals surface area contributed by atoms with E-state index in [0.717, 1.165) is 12.8 Å². The van der Waals surface area contributed by atoms with Gasteiger partial charge in [-0.05, 0) is 42.8 Å². The second-order valence-corrected chi connectivity index (χ2v) is 7.36. The molecule has 0 radical (unpaired) electrons. The van der Waals surface area contributed by atoms with Gasteiger partial charge in [0.25, 0.3) is 17.5 Å². The van der Waals surface area contributed by atoms with Gasteiger partial charge in [-0.15, -0.1) is 0 Å². The van der Waals surface area contributed by atoms with Crippen LogP contribution in [0.2, 0.25) is 0 Å². The molecule has 0 aliphatic rings. The molecule has 2 amide bonds. The molecule has 9 heteroatoms. The summed E-state index contributed by atoms with van der Waals surface area (Å²) in [6.07, 6.45) is 3.12. The number of hydrogen-bond acceptors (Lipinski definition) is 6. The summed E-state index contributed by atoms with van der Waals surface area (Å²) in [6.45, 7) is 2.47. The van der Waals surface area contributed by atoms with Crippen molar-refractivity contribution in [2.24, 2.45) is 0 Å². The molecule has 0 aliphatic heterocycles. The Morgan fingerprint density at radius 3 is 2.56 bits per heavy atom. The largest absolute Gasteiger partial charge is 0.497 e. The highest BCUT2D eigenvalue weighted by Crippen LogP contribution is 2.26. The summed E-state index contributed by atoms with van der Waals surface area (Å²) in [5.41, 5.74) is 0.820. The molecule has 1 aromatic heterocycles. The predicted molar refractivity (Wildman–Crippen MR) is 127 cm³/mol. The molecule has 2 aromatic carbocycles. The number of nitro benzene ring substituents is 1. The van der Waals surface area contributed by atoms with E-state index in [4.69, 9.17) is 9.15 Å². The maximum Gasteiger partial charge on any atom is 0.270 e. The zero-order valence-electron chi connectivity index (χ0n) is 18.9. The van der Waals surface area contributed by atoms with Gasteiger partial charge in [-0.3, -0.25) is 19.7 Å². The first-order valence-corrected chi connectivity index (χ1v) is 10.7. The average molecular weight is 463 g/mol. The van der Waals surface area contributed by atoms with Crippen molar-refractivity contribution in [1.82, 2.24) is 10.6 Å². The maximum atomic E-state index is 12.8. The first-order chi connectivity index (χ1) is 16.4. The second kappa shape index (κ2) is 11.5. The number of rotatable bonds is 10.